The SMILES string of the molecule is CCOC(=O)C=Cc1cc(-c2cnccn2)c(Cl)cc1NC(C)=O. The van der Waals surface area contributed by atoms with Crippen molar-refractivity contribution in [2.75, 3.05) is 11.9 Å². The van der Waals surface area contributed by atoms with E-state index in [1.165, 1.54) is 13.0 Å². The van der Waals surface area contributed by atoms with Crippen molar-refractivity contribution in [2.45, 2.75) is 13.8 Å². The van der Waals surface area contributed by atoms with E-state index in [1.807, 2.05) is 0 Å². The summed E-state index contributed by atoms with van der Waals surface area (Å²) in [6, 6.07) is 3.34. The van der Waals surface area contributed by atoms with Gasteiger partial charge < -0.3 is 10.1 Å². The van der Waals surface area contributed by atoms with Crippen molar-refractivity contribution < 1.29 is 14.3 Å². The van der Waals surface area contributed by atoms with Crippen LogP contribution in [0.15, 0.2) is 36.8 Å². The van der Waals surface area contributed by atoms with E-state index in [-0.39, 0.29) is 12.5 Å². The molecule has 0 spiro atoms. The number of nitrogens with one attached hydrogen (secondary N) is 1. The van der Waals surface area contributed by atoms with E-state index in [1.54, 1.807) is 43.7 Å². The number of aromatic nitrogens is 2. The molecule has 0 radical (unpaired) electrons. The van der Waals surface area contributed by atoms with Gasteiger partial charge in [-0.25, -0.2) is 4.79 Å². The highest BCUT2D eigenvalue weighted by atomic mass is 35.5. The van der Waals surface area contributed by atoms with E-state index in [9.17, 15) is 9.59 Å². The minimum Gasteiger partial charge on any atom is -0.463 e. The van der Waals surface area contributed by atoms with Gasteiger partial charge in [-0.2, -0.15) is 0 Å². The van der Waals surface area contributed by atoms with Crippen LogP contribution >= 0.6 is 11.6 Å². The lowest BCUT2D eigenvalue weighted by molar-refractivity contribution is -0.137. The van der Waals surface area contributed by atoms with E-state index in [0.29, 0.717) is 27.5 Å². The maximum atomic E-state index is 11.5. The minimum atomic E-state index is -0.470. The lowest BCUT2D eigenvalue weighted by Crippen LogP contribution is -2.07. The molecule has 0 saturated carbocycles. The largest absolute Gasteiger partial charge is 0.463 e. The third kappa shape index (κ3) is 4.63. The molecule has 0 unspecified atom stereocenters. The number of hydrogen-bond donors (Lipinski definition) is 1. The first kappa shape index (κ1) is 17.6. The Balaban J connectivity index is 2.48. The Morgan fingerprint density at radius 2 is 2.12 bits per heavy atom. The van der Waals surface area contributed by atoms with Crippen LogP contribution in [0.1, 0.15) is 19.4 Å². The lowest BCUT2D eigenvalue weighted by atomic mass is 10.1. The highest BCUT2D eigenvalue weighted by Crippen LogP contribution is 2.32. The van der Waals surface area contributed by atoms with Crippen LogP contribution in [0.2, 0.25) is 5.02 Å². The molecular weight excluding hydrogens is 330 g/mol. The van der Waals surface area contributed by atoms with Gasteiger partial charge in [-0.3, -0.25) is 14.8 Å². The zero-order chi connectivity index (χ0) is 17.5. The van der Waals surface area contributed by atoms with E-state index in [0.717, 1.165) is 0 Å². The number of ether oxygens (including phenoxy) is 1. The Morgan fingerprint density at radius 3 is 2.75 bits per heavy atom. The van der Waals surface area contributed by atoms with Crippen LogP contribution in [0.4, 0.5) is 5.69 Å². The van der Waals surface area contributed by atoms with Gasteiger partial charge in [0.2, 0.25) is 5.91 Å². The summed E-state index contributed by atoms with van der Waals surface area (Å²) in [5.41, 5.74) is 2.31. The molecular formula is C17H16ClN3O3. The van der Waals surface area contributed by atoms with Gasteiger partial charge in [0.05, 0.1) is 23.5 Å². The number of nitrogens with zero attached hydrogens (tertiary/aromatic N) is 2. The van der Waals surface area contributed by atoms with E-state index in [2.05, 4.69) is 15.3 Å². The van der Waals surface area contributed by atoms with Crippen LogP contribution in [-0.4, -0.2) is 28.5 Å². The van der Waals surface area contributed by atoms with Crippen molar-refractivity contribution >= 4 is 35.2 Å². The van der Waals surface area contributed by atoms with Gasteiger partial charge in [0.15, 0.2) is 0 Å². The molecule has 1 N–H and O–H groups in total. The van der Waals surface area contributed by atoms with Crippen LogP contribution in [-0.2, 0) is 14.3 Å². The van der Waals surface area contributed by atoms with E-state index >= 15 is 0 Å². The fourth-order valence-electron chi connectivity index (χ4n) is 2.01. The van der Waals surface area contributed by atoms with Gasteiger partial charge in [0, 0.05) is 36.6 Å². The van der Waals surface area contributed by atoms with Gasteiger partial charge in [0.1, 0.15) is 0 Å². The fourth-order valence-corrected chi connectivity index (χ4v) is 2.27. The molecule has 0 aliphatic heterocycles. The molecule has 1 amide bonds. The molecule has 124 valence electrons. The van der Waals surface area contributed by atoms with Crippen molar-refractivity contribution in [3.05, 3.63) is 47.4 Å². The van der Waals surface area contributed by atoms with Crippen LogP contribution in [0.3, 0.4) is 0 Å². The highest BCUT2D eigenvalue weighted by Gasteiger charge is 2.11. The number of hydrogen-bond acceptors (Lipinski definition) is 5. The average molecular weight is 346 g/mol. The van der Waals surface area contributed by atoms with E-state index < -0.39 is 5.97 Å². The van der Waals surface area contributed by atoms with Crippen LogP contribution < -0.4 is 5.32 Å². The van der Waals surface area contributed by atoms with Gasteiger partial charge >= 0.3 is 5.97 Å². The number of amides is 1. The van der Waals surface area contributed by atoms with Gasteiger partial charge in [-0.15, -0.1) is 0 Å². The number of anilines is 1. The molecule has 0 fully saturated rings. The Hall–Kier alpha value is -2.73. The summed E-state index contributed by atoms with van der Waals surface area (Å²) in [4.78, 5) is 31.1. The summed E-state index contributed by atoms with van der Waals surface area (Å²) >= 11 is 6.30. The van der Waals surface area contributed by atoms with Gasteiger partial charge in [-0.1, -0.05) is 11.6 Å². The Morgan fingerprint density at radius 1 is 1.33 bits per heavy atom. The third-order valence-electron chi connectivity index (χ3n) is 2.97. The topological polar surface area (TPSA) is 81.2 Å². The number of carbonyl (C=O) groups excluding carboxylic acids is 2. The lowest BCUT2D eigenvalue weighted by Gasteiger charge is -2.11. The first-order valence-corrected chi connectivity index (χ1v) is 7.61. The highest BCUT2D eigenvalue weighted by molar-refractivity contribution is 6.33. The minimum absolute atomic E-state index is 0.246. The van der Waals surface area contributed by atoms with Crippen molar-refractivity contribution in [1.82, 2.24) is 9.97 Å². The van der Waals surface area contributed by atoms with Crippen LogP contribution in [0, 0.1) is 0 Å². The molecule has 6 nitrogen and oxygen atoms in total. The number of halogens is 1. The van der Waals surface area contributed by atoms with Crippen molar-refractivity contribution in [2.24, 2.45) is 0 Å². The zero-order valence-electron chi connectivity index (χ0n) is 13.2. The second kappa shape index (κ2) is 8.21. The summed E-state index contributed by atoms with van der Waals surface area (Å²) in [6.07, 6.45) is 7.54. The summed E-state index contributed by atoms with van der Waals surface area (Å²) in [6.45, 7) is 3.40. The monoisotopic (exact) mass is 345 g/mol. The molecule has 0 atom stereocenters. The van der Waals surface area contributed by atoms with Crippen LogP contribution in [0.5, 0.6) is 0 Å². The fraction of sp³-hybridized carbons (Fsp3) is 0.176. The summed E-state index contributed by atoms with van der Waals surface area (Å²) in [5, 5.41) is 3.10. The summed E-state index contributed by atoms with van der Waals surface area (Å²) < 4.78 is 4.86. The standard InChI is InChI=1S/C17H16ClN3O3/c1-3-24-17(23)5-4-12-8-13(16-10-19-6-7-20-16)14(18)9-15(12)21-11(2)22/h4-10H,3H2,1-2H3,(H,21,22). The molecule has 0 saturated heterocycles. The molecule has 2 rings (SSSR count). The second-order valence-electron chi connectivity index (χ2n) is 4.78. The molecule has 7 heteroatoms. The molecule has 24 heavy (non-hydrogen) atoms. The number of benzene rings is 1. The van der Waals surface area contributed by atoms with Crippen molar-refractivity contribution in [3.8, 4) is 11.3 Å². The Kier molecular flexibility index (Phi) is 6.03. The maximum absolute atomic E-state index is 11.5. The first-order chi connectivity index (χ1) is 11.5. The predicted octanol–water partition coefficient (Wildman–Crippen LogP) is 3.33. The normalized spacial score (nSPS) is 10.6. The summed E-state index contributed by atoms with van der Waals surface area (Å²) in [5.74, 6) is -0.716. The van der Waals surface area contributed by atoms with Crippen molar-refractivity contribution in [3.63, 3.8) is 0 Å². The maximum Gasteiger partial charge on any atom is 0.330 e. The first-order valence-electron chi connectivity index (χ1n) is 7.23. The molecule has 0 aliphatic carbocycles. The third-order valence-corrected chi connectivity index (χ3v) is 3.29. The molecule has 1 aromatic heterocycles. The second-order valence-corrected chi connectivity index (χ2v) is 5.18. The summed E-state index contributed by atoms with van der Waals surface area (Å²) in [7, 11) is 0. The van der Waals surface area contributed by atoms with E-state index in [4.69, 9.17) is 16.3 Å². The Labute approximate surface area is 144 Å². The smallest absolute Gasteiger partial charge is 0.330 e. The van der Waals surface area contributed by atoms with Gasteiger partial charge in [-0.05, 0) is 30.7 Å². The van der Waals surface area contributed by atoms with Gasteiger partial charge in [0.25, 0.3) is 0 Å². The molecule has 2 aromatic rings. The molecule has 0 bridgehead atoms. The predicted molar refractivity (Wildman–Crippen MR) is 92.4 cm³/mol. The number of esters is 1. The quantitative estimate of drug-likeness (QED) is 0.664. The van der Waals surface area contributed by atoms with Crippen LogP contribution in [0.25, 0.3) is 17.3 Å². The number of rotatable bonds is 5. The zero-order valence-corrected chi connectivity index (χ0v) is 14.0. The Bertz CT molecular complexity index is 776. The molecule has 1 heterocycles. The van der Waals surface area contributed by atoms with Crippen molar-refractivity contribution in [1.29, 1.82) is 0 Å². The number of carbonyl (C=O) groups is 2. The average Bonchev–Trinajstić information content (AvgIpc) is 2.54. The molecule has 1 aromatic carbocycles. The molecule has 0 aliphatic rings.